The minimum absolute atomic E-state index is 0.731. The van der Waals surface area contributed by atoms with Gasteiger partial charge in [-0.25, -0.2) is 10.8 Å². The third-order valence-corrected chi connectivity index (χ3v) is 3.42. The molecule has 3 N–H and O–H groups in total. The van der Waals surface area contributed by atoms with E-state index in [2.05, 4.69) is 46.7 Å². The molecule has 102 valence electrons. The number of anilines is 1. The number of aromatic nitrogens is 3. The van der Waals surface area contributed by atoms with E-state index >= 15 is 0 Å². The molecular formula is C15H17N5. The smallest absolute Gasteiger partial charge is 0.161 e. The van der Waals surface area contributed by atoms with Crippen molar-refractivity contribution in [2.45, 2.75) is 20.8 Å². The van der Waals surface area contributed by atoms with E-state index in [0.717, 1.165) is 34.0 Å². The van der Waals surface area contributed by atoms with Crippen LogP contribution in [0.4, 0.5) is 5.82 Å². The zero-order chi connectivity index (χ0) is 14.3. The molecule has 0 saturated heterocycles. The summed E-state index contributed by atoms with van der Waals surface area (Å²) >= 11 is 0. The van der Waals surface area contributed by atoms with Crippen LogP contribution in [0, 0.1) is 20.8 Å². The summed E-state index contributed by atoms with van der Waals surface area (Å²) < 4.78 is 1.75. The summed E-state index contributed by atoms with van der Waals surface area (Å²) in [4.78, 5) is 4.55. The van der Waals surface area contributed by atoms with Crippen molar-refractivity contribution in [1.82, 2.24) is 14.6 Å². The van der Waals surface area contributed by atoms with Gasteiger partial charge in [0, 0.05) is 22.9 Å². The monoisotopic (exact) mass is 267 g/mol. The van der Waals surface area contributed by atoms with Gasteiger partial charge in [-0.2, -0.15) is 9.61 Å². The number of nitrogen functional groups attached to an aromatic ring is 1. The first kappa shape index (κ1) is 12.6. The molecule has 0 aliphatic carbocycles. The number of nitrogens with two attached hydrogens (primary N) is 1. The molecule has 0 radical (unpaired) electrons. The Labute approximate surface area is 117 Å². The van der Waals surface area contributed by atoms with E-state index in [0.29, 0.717) is 0 Å². The number of fused-ring (bicyclic) bond motifs is 1. The lowest BCUT2D eigenvalue weighted by molar-refractivity contribution is 0.930. The van der Waals surface area contributed by atoms with Crippen LogP contribution in [0.2, 0.25) is 0 Å². The molecule has 5 heteroatoms. The highest BCUT2D eigenvalue weighted by Gasteiger charge is 2.14. The summed E-state index contributed by atoms with van der Waals surface area (Å²) in [5, 5.41) is 4.64. The normalized spacial score (nSPS) is 11.0. The average molecular weight is 267 g/mol. The molecule has 1 aromatic carbocycles. The number of nitrogens with one attached hydrogen (secondary N) is 1. The lowest BCUT2D eigenvalue weighted by Gasteiger charge is -2.04. The minimum atomic E-state index is 0.731. The number of benzene rings is 1. The molecule has 0 amide bonds. The quantitative estimate of drug-likeness (QED) is 0.553. The minimum Gasteiger partial charge on any atom is -0.308 e. The fourth-order valence-corrected chi connectivity index (χ4v) is 2.33. The Morgan fingerprint density at radius 3 is 2.45 bits per heavy atom. The van der Waals surface area contributed by atoms with E-state index in [9.17, 15) is 0 Å². The first-order chi connectivity index (χ1) is 9.60. The molecule has 2 aromatic heterocycles. The van der Waals surface area contributed by atoms with Crippen molar-refractivity contribution < 1.29 is 0 Å². The SMILES string of the molecule is Cc1ccc(-c2nn3c(NN)cc(C)nc3c2C)cc1. The van der Waals surface area contributed by atoms with Gasteiger partial charge in [-0.15, -0.1) is 0 Å². The molecule has 3 aromatic rings. The van der Waals surface area contributed by atoms with Crippen LogP contribution in [0.25, 0.3) is 16.9 Å². The third-order valence-electron chi connectivity index (χ3n) is 3.42. The molecule has 3 rings (SSSR count). The maximum absolute atomic E-state index is 5.56. The molecule has 0 fully saturated rings. The Kier molecular flexibility index (Phi) is 2.91. The zero-order valence-electron chi connectivity index (χ0n) is 11.8. The highest BCUT2D eigenvalue weighted by atomic mass is 15.4. The standard InChI is InChI=1S/C15H17N5/c1-9-4-6-12(7-5-9)14-11(3)15-17-10(2)8-13(18-16)20(15)19-14/h4-8,18H,16H2,1-3H3. The molecule has 0 spiro atoms. The highest BCUT2D eigenvalue weighted by Crippen LogP contribution is 2.26. The number of hydrogen-bond acceptors (Lipinski definition) is 4. The number of hydrogen-bond donors (Lipinski definition) is 2. The molecule has 0 aliphatic rings. The van der Waals surface area contributed by atoms with Crippen molar-refractivity contribution in [3.63, 3.8) is 0 Å². The maximum atomic E-state index is 5.56. The third kappa shape index (κ3) is 1.92. The van der Waals surface area contributed by atoms with Gasteiger partial charge in [-0.05, 0) is 20.8 Å². The van der Waals surface area contributed by atoms with Crippen LogP contribution >= 0.6 is 0 Å². The maximum Gasteiger partial charge on any atom is 0.161 e. The Morgan fingerprint density at radius 1 is 1.10 bits per heavy atom. The van der Waals surface area contributed by atoms with Crippen molar-refractivity contribution in [3.8, 4) is 11.3 Å². The van der Waals surface area contributed by atoms with E-state index in [1.165, 1.54) is 5.56 Å². The first-order valence-corrected chi connectivity index (χ1v) is 6.51. The summed E-state index contributed by atoms with van der Waals surface area (Å²) in [5.74, 6) is 6.29. The van der Waals surface area contributed by atoms with Gasteiger partial charge in [0.1, 0.15) is 5.82 Å². The summed E-state index contributed by atoms with van der Waals surface area (Å²) in [6.45, 7) is 6.05. The predicted octanol–water partition coefficient (Wildman–Crippen LogP) is 2.61. The molecule has 0 bridgehead atoms. The largest absolute Gasteiger partial charge is 0.308 e. The van der Waals surface area contributed by atoms with Gasteiger partial charge in [0.2, 0.25) is 0 Å². The molecule has 0 saturated carbocycles. The second-order valence-corrected chi connectivity index (χ2v) is 5.00. The lowest BCUT2D eigenvalue weighted by Crippen LogP contribution is -2.12. The van der Waals surface area contributed by atoms with Gasteiger partial charge in [-0.3, -0.25) is 0 Å². The summed E-state index contributed by atoms with van der Waals surface area (Å²) in [5.41, 5.74) is 8.70. The van der Waals surface area contributed by atoms with E-state index in [1.807, 2.05) is 19.9 Å². The number of nitrogens with zero attached hydrogens (tertiary/aromatic N) is 3. The van der Waals surface area contributed by atoms with Crippen molar-refractivity contribution in [3.05, 3.63) is 47.2 Å². The predicted molar refractivity (Wildman–Crippen MR) is 80.4 cm³/mol. The molecule has 0 atom stereocenters. The van der Waals surface area contributed by atoms with Crippen LogP contribution in [-0.2, 0) is 0 Å². The molecule has 0 aliphatic heterocycles. The Hall–Kier alpha value is -2.40. The molecule has 20 heavy (non-hydrogen) atoms. The molecule has 0 unspecified atom stereocenters. The lowest BCUT2D eigenvalue weighted by atomic mass is 10.1. The van der Waals surface area contributed by atoms with E-state index in [-0.39, 0.29) is 0 Å². The van der Waals surface area contributed by atoms with Crippen molar-refractivity contribution in [1.29, 1.82) is 0 Å². The van der Waals surface area contributed by atoms with Gasteiger partial charge in [0.15, 0.2) is 5.65 Å². The van der Waals surface area contributed by atoms with Crippen molar-refractivity contribution >= 4 is 11.5 Å². The number of rotatable bonds is 2. The van der Waals surface area contributed by atoms with Crippen LogP contribution in [0.1, 0.15) is 16.8 Å². The summed E-state index contributed by atoms with van der Waals surface area (Å²) in [7, 11) is 0. The van der Waals surface area contributed by atoms with Crippen LogP contribution in [0.15, 0.2) is 30.3 Å². The van der Waals surface area contributed by atoms with E-state index in [4.69, 9.17) is 5.84 Å². The topological polar surface area (TPSA) is 68.2 Å². The van der Waals surface area contributed by atoms with Gasteiger partial charge in [0.05, 0.1) is 5.69 Å². The Bertz CT molecular complexity index is 771. The van der Waals surface area contributed by atoms with Crippen LogP contribution in [-0.4, -0.2) is 14.6 Å². The molecule has 2 heterocycles. The van der Waals surface area contributed by atoms with Crippen LogP contribution in [0.5, 0.6) is 0 Å². The van der Waals surface area contributed by atoms with Crippen molar-refractivity contribution in [2.75, 3.05) is 5.43 Å². The second-order valence-electron chi connectivity index (χ2n) is 5.00. The zero-order valence-corrected chi connectivity index (χ0v) is 11.8. The number of aryl methyl sites for hydroxylation is 3. The van der Waals surface area contributed by atoms with Gasteiger partial charge in [0.25, 0.3) is 0 Å². The van der Waals surface area contributed by atoms with Crippen molar-refractivity contribution in [2.24, 2.45) is 5.84 Å². The summed E-state index contributed by atoms with van der Waals surface area (Å²) in [6.07, 6.45) is 0. The first-order valence-electron chi connectivity index (χ1n) is 6.51. The highest BCUT2D eigenvalue weighted by molar-refractivity contribution is 5.71. The van der Waals surface area contributed by atoms with E-state index in [1.54, 1.807) is 4.52 Å². The second kappa shape index (κ2) is 4.61. The van der Waals surface area contributed by atoms with Gasteiger partial charge in [-0.1, -0.05) is 29.8 Å². The van der Waals surface area contributed by atoms with Crippen LogP contribution in [0.3, 0.4) is 0 Å². The molecule has 5 nitrogen and oxygen atoms in total. The van der Waals surface area contributed by atoms with Crippen LogP contribution < -0.4 is 11.3 Å². The van der Waals surface area contributed by atoms with Gasteiger partial charge < -0.3 is 5.43 Å². The fraction of sp³-hybridized carbons (Fsp3) is 0.200. The summed E-state index contributed by atoms with van der Waals surface area (Å²) in [6, 6.07) is 10.2. The average Bonchev–Trinajstić information content (AvgIpc) is 2.77. The fourth-order valence-electron chi connectivity index (χ4n) is 2.33. The Balaban J connectivity index is 2.27. The Morgan fingerprint density at radius 2 is 1.80 bits per heavy atom. The van der Waals surface area contributed by atoms with Gasteiger partial charge >= 0.3 is 0 Å². The van der Waals surface area contributed by atoms with E-state index < -0.39 is 0 Å². The number of hydrazine groups is 1. The molecular weight excluding hydrogens is 250 g/mol.